The van der Waals surface area contributed by atoms with Crippen LogP contribution >= 0.6 is 15.9 Å². The summed E-state index contributed by atoms with van der Waals surface area (Å²) in [6.45, 7) is 0. The Morgan fingerprint density at radius 2 is 1.63 bits per heavy atom. The zero-order valence-electron chi connectivity index (χ0n) is 9.59. The normalized spacial score (nSPS) is 10.5. The zero-order valence-corrected chi connectivity index (χ0v) is 11.2. The molecule has 0 aliphatic rings. The number of halogens is 4. The Bertz CT molecular complexity index is 620. The van der Waals surface area contributed by atoms with Gasteiger partial charge in [-0.3, -0.25) is 4.79 Å². The van der Waals surface area contributed by atoms with Crippen molar-refractivity contribution in [3.8, 4) is 0 Å². The molecule has 0 spiro atoms. The van der Waals surface area contributed by atoms with Crippen LogP contribution in [0.3, 0.4) is 0 Å². The molecule has 98 valence electrons. The van der Waals surface area contributed by atoms with Gasteiger partial charge in [-0.2, -0.15) is 0 Å². The Hall–Kier alpha value is -1.62. The number of carbonyl (C=O) groups is 1. The fourth-order valence-electron chi connectivity index (χ4n) is 1.65. The van der Waals surface area contributed by atoms with Crippen molar-refractivity contribution in [2.45, 2.75) is 6.42 Å². The van der Waals surface area contributed by atoms with Crippen LogP contribution in [0.15, 0.2) is 40.9 Å². The predicted molar refractivity (Wildman–Crippen MR) is 68.5 cm³/mol. The number of ketones is 1. The average molecular weight is 329 g/mol. The summed E-state index contributed by atoms with van der Waals surface area (Å²) in [6, 6.07) is 6.79. The average Bonchev–Trinajstić information content (AvgIpc) is 2.32. The molecule has 0 fully saturated rings. The first-order valence-electron chi connectivity index (χ1n) is 5.39. The molecule has 0 unspecified atom stereocenters. The Kier molecular flexibility index (Phi) is 4.04. The standard InChI is InChI=1S/C14H8BrF3O/c15-12-3-8(1-2-13(12)18)4-14(19)9-5-10(16)7-11(17)6-9/h1-3,5-7H,4H2. The first-order chi connectivity index (χ1) is 8.95. The molecule has 0 saturated carbocycles. The van der Waals surface area contributed by atoms with Crippen LogP contribution in [0.4, 0.5) is 13.2 Å². The van der Waals surface area contributed by atoms with Gasteiger partial charge in [0, 0.05) is 18.1 Å². The first kappa shape index (κ1) is 13.8. The van der Waals surface area contributed by atoms with E-state index in [-0.39, 0.29) is 16.5 Å². The van der Waals surface area contributed by atoms with E-state index in [1.165, 1.54) is 18.2 Å². The molecule has 2 aromatic carbocycles. The molecule has 0 aromatic heterocycles. The van der Waals surface area contributed by atoms with Gasteiger partial charge >= 0.3 is 0 Å². The van der Waals surface area contributed by atoms with Gasteiger partial charge in [-0.1, -0.05) is 6.07 Å². The van der Waals surface area contributed by atoms with E-state index in [2.05, 4.69) is 15.9 Å². The van der Waals surface area contributed by atoms with Crippen LogP contribution in [0.5, 0.6) is 0 Å². The van der Waals surface area contributed by atoms with Gasteiger partial charge in [-0.05, 0) is 45.8 Å². The van der Waals surface area contributed by atoms with Crippen LogP contribution in [0.2, 0.25) is 0 Å². The lowest BCUT2D eigenvalue weighted by molar-refractivity contribution is 0.0992. The molecular formula is C14H8BrF3O. The van der Waals surface area contributed by atoms with E-state index >= 15 is 0 Å². The summed E-state index contributed by atoms with van der Waals surface area (Å²) in [5, 5.41) is 0. The van der Waals surface area contributed by atoms with Gasteiger partial charge in [-0.25, -0.2) is 13.2 Å². The lowest BCUT2D eigenvalue weighted by Crippen LogP contribution is -2.05. The maximum atomic E-state index is 13.0. The van der Waals surface area contributed by atoms with Crippen LogP contribution < -0.4 is 0 Å². The van der Waals surface area contributed by atoms with E-state index in [1.54, 1.807) is 0 Å². The van der Waals surface area contributed by atoms with Crippen LogP contribution in [0.25, 0.3) is 0 Å². The summed E-state index contributed by atoms with van der Waals surface area (Å²) in [6.07, 6.45) is -0.0538. The molecular weight excluding hydrogens is 321 g/mol. The zero-order chi connectivity index (χ0) is 14.0. The molecule has 0 saturated heterocycles. The van der Waals surface area contributed by atoms with Crippen molar-refractivity contribution in [1.29, 1.82) is 0 Å². The van der Waals surface area contributed by atoms with Crippen molar-refractivity contribution in [2.75, 3.05) is 0 Å². The fraction of sp³-hybridized carbons (Fsp3) is 0.0714. The summed E-state index contributed by atoms with van der Waals surface area (Å²) in [5.41, 5.74) is 0.515. The third-order valence-electron chi connectivity index (χ3n) is 2.53. The molecule has 0 N–H and O–H groups in total. The molecule has 2 rings (SSSR count). The van der Waals surface area contributed by atoms with Crippen LogP contribution in [-0.4, -0.2) is 5.78 Å². The Labute approximate surface area is 116 Å². The number of rotatable bonds is 3. The summed E-state index contributed by atoms with van der Waals surface area (Å²) in [5.74, 6) is -2.47. The van der Waals surface area contributed by atoms with Crippen LogP contribution in [0, 0.1) is 17.5 Å². The topological polar surface area (TPSA) is 17.1 Å². The highest BCUT2D eigenvalue weighted by Crippen LogP contribution is 2.18. The quantitative estimate of drug-likeness (QED) is 0.768. The molecule has 0 aliphatic heterocycles. The van der Waals surface area contributed by atoms with E-state index in [9.17, 15) is 18.0 Å². The number of carbonyl (C=O) groups excluding carboxylic acids is 1. The molecule has 1 nitrogen and oxygen atoms in total. The fourth-order valence-corrected chi connectivity index (χ4v) is 2.08. The monoisotopic (exact) mass is 328 g/mol. The summed E-state index contributed by atoms with van der Waals surface area (Å²) < 4.78 is 39.3. The van der Waals surface area contributed by atoms with Gasteiger partial charge in [0.25, 0.3) is 0 Å². The molecule has 0 aliphatic carbocycles. The molecule has 5 heteroatoms. The van der Waals surface area contributed by atoms with Gasteiger partial charge in [0.1, 0.15) is 17.5 Å². The van der Waals surface area contributed by atoms with Crippen molar-refractivity contribution < 1.29 is 18.0 Å². The molecule has 0 radical (unpaired) electrons. The summed E-state index contributed by atoms with van der Waals surface area (Å²) in [7, 11) is 0. The SMILES string of the molecule is O=C(Cc1ccc(F)c(Br)c1)c1cc(F)cc(F)c1. The molecule has 0 atom stereocenters. The Morgan fingerprint density at radius 1 is 1.00 bits per heavy atom. The van der Waals surface area contributed by atoms with Gasteiger partial charge in [0.15, 0.2) is 5.78 Å². The molecule has 0 heterocycles. The summed E-state index contributed by atoms with van der Waals surface area (Å²) in [4.78, 5) is 11.9. The van der Waals surface area contributed by atoms with Gasteiger partial charge in [0.2, 0.25) is 0 Å². The van der Waals surface area contributed by atoms with Gasteiger partial charge < -0.3 is 0 Å². The van der Waals surface area contributed by atoms with Crippen LogP contribution in [-0.2, 0) is 6.42 Å². The highest BCUT2D eigenvalue weighted by atomic mass is 79.9. The molecule has 2 aromatic rings. The molecule has 0 bridgehead atoms. The minimum Gasteiger partial charge on any atom is -0.294 e. The second kappa shape index (κ2) is 5.57. The Balaban J connectivity index is 2.22. The van der Waals surface area contributed by atoms with Crippen molar-refractivity contribution in [3.05, 3.63) is 69.4 Å². The maximum Gasteiger partial charge on any atom is 0.167 e. The lowest BCUT2D eigenvalue weighted by Gasteiger charge is -2.03. The third kappa shape index (κ3) is 3.44. The number of benzene rings is 2. The third-order valence-corrected chi connectivity index (χ3v) is 3.14. The molecule has 0 amide bonds. The van der Waals surface area contributed by atoms with E-state index in [0.717, 1.165) is 12.1 Å². The van der Waals surface area contributed by atoms with Crippen molar-refractivity contribution in [1.82, 2.24) is 0 Å². The second-order valence-corrected chi connectivity index (χ2v) is 4.86. The second-order valence-electron chi connectivity index (χ2n) is 4.01. The predicted octanol–water partition coefficient (Wildman–Crippen LogP) is 4.29. The maximum absolute atomic E-state index is 13.0. The van der Waals surface area contributed by atoms with Crippen molar-refractivity contribution in [2.24, 2.45) is 0 Å². The number of hydrogen-bond donors (Lipinski definition) is 0. The summed E-state index contributed by atoms with van der Waals surface area (Å²) >= 11 is 3.01. The molecule has 19 heavy (non-hydrogen) atoms. The van der Waals surface area contributed by atoms with E-state index in [0.29, 0.717) is 11.6 Å². The lowest BCUT2D eigenvalue weighted by atomic mass is 10.0. The highest BCUT2D eigenvalue weighted by molar-refractivity contribution is 9.10. The van der Waals surface area contributed by atoms with Gasteiger partial charge in [0.05, 0.1) is 4.47 Å². The first-order valence-corrected chi connectivity index (χ1v) is 6.18. The van der Waals surface area contributed by atoms with Crippen molar-refractivity contribution in [3.63, 3.8) is 0 Å². The minimum atomic E-state index is -0.802. The highest BCUT2D eigenvalue weighted by Gasteiger charge is 2.11. The van der Waals surface area contributed by atoms with E-state index in [1.807, 2.05) is 0 Å². The number of Topliss-reactive ketones (excluding diaryl/α,β-unsaturated/α-hetero) is 1. The largest absolute Gasteiger partial charge is 0.294 e. The minimum absolute atomic E-state index is 0.0436. The smallest absolute Gasteiger partial charge is 0.167 e. The van der Waals surface area contributed by atoms with Gasteiger partial charge in [-0.15, -0.1) is 0 Å². The van der Waals surface area contributed by atoms with Crippen LogP contribution in [0.1, 0.15) is 15.9 Å². The number of hydrogen-bond acceptors (Lipinski definition) is 1. The van der Waals surface area contributed by atoms with Crippen molar-refractivity contribution >= 4 is 21.7 Å². The Morgan fingerprint density at radius 3 is 2.21 bits per heavy atom. The van der Waals surface area contributed by atoms with E-state index in [4.69, 9.17) is 0 Å². The van der Waals surface area contributed by atoms with E-state index < -0.39 is 23.2 Å².